The molecule has 1 aliphatic heterocycles. The van der Waals surface area contributed by atoms with Gasteiger partial charge in [0.1, 0.15) is 0 Å². The summed E-state index contributed by atoms with van der Waals surface area (Å²) in [5.74, 6) is -1.37. The van der Waals surface area contributed by atoms with Crippen LogP contribution < -0.4 is 5.22 Å². The Morgan fingerprint density at radius 3 is 1.73 bits per heavy atom. The Balaban J connectivity index is 0.000000697. The topological polar surface area (TPSA) is 77.5 Å². The van der Waals surface area contributed by atoms with E-state index in [1.807, 2.05) is 64.1 Å². The number of ketones is 2. The molecule has 0 amide bonds. The van der Waals surface area contributed by atoms with Crippen LogP contribution in [0.15, 0.2) is 60.7 Å². The second-order valence-corrected chi connectivity index (χ2v) is 11.2. The first-order valence-electron chi connectivity index (χ1n) is 15.4. The maximum absolute atomic E-state index is 12.8. The van der Waals surface area contributed by atoms with Gasteiger partial charge in [0.2, 0.25) is 0 Å². The van der Waals surface area contributed by atoms with Gasteiger partial charge in [-0.15, -0.1) is 0 Å². The quantitative estimate of drug-likeness (QED) is 0.0785. The molecule has 0 bridgehead atoms. The molecule has 3 aliphatic carbocycles. The van der Waals surface area contributed by atoms with Crippen LogP contribution in [0.2, 0.25) is 0 Å². The third-order valence-corrected chi connectivity index (χ3v) is 9.57. The zero-order valence-electron chi connectivity index (χ0n) is 24.9. The monoisotopic (exact) mass is 576 g/mol. The van der Waals surface area contributed by atoms with Gasteiger partial charge in [0, 0.05) is 27.8 Å². The van der Waals surface area contributed by atoms with Gasteiger partial charge in [0.05, 0.1) is 17.5 Å². The molecule has 5 nitrogen and oxygen atoms in total. The van der Waals surface area contributed by atoms with Crippen molar-refractivity contribution in [2.75, 3.05) is 0 Å². The van der Waals surface area contributed by atoms with Crippen LogP contribution in [0, 0.1) is 0 Å². The maximum Gasteiger partial charge on any atom is 0.346 e. The number of carbonyl (C=O) groups is 4. The number of fused-ring (bicyclic) bond motifs is 4. The average Bonchev–Trinajstić information content (AvgIpc) is 3.06. The highest BCUT2D eigenvalue weighted by atomic mass is 16.6. The van der Waals surface area contributed by atoms with Gasteiger partial charge in [0.15, 0.2) is 11.6 Å². The second kappa shape index (κ2) is 9.17. The lowest BCUT2D eigenvalue weighted by Crippen LogP contribution is -2.23. The minimum Gasteiger partial charge on any atom is -0.386 e. The average molecular weight is 577 g/mol. The Labute approximate surface area is 253 Å². The number of Topliss-reactive ketones (excluding diaryl/α,β-unsaturated/α-hetero) is 2. The summed E-state index contributed by atoms with van der Waals surface area (Å²) < 4.78 is 5.01. The molecule has 1 heterocycles. The van der Waals surface area contributed by atoms with Crippen LogP contribution in [0.5, 0.6) is 0 Å². The number of esters is 2. The number of hydrogen-bond acceptors (Lipinski definition) is 5. The summed E-state index contributed by atoms with van der Waals surface area (Å²) in [6.45, 7) is 8.00. The molecule has 5 heteroatoms. The highest BCUT2D eigenvalue weighted by Crippen LogP contribution is 2.53. The number of rotatable bonds is 0. The lowest BCUT2D eigenvalue weighted by Gasteiger charge is -2.33. The van der Waals surface area contributed by atoms with Gasteiger partial charge >= 0.3 is 11.9 Å². The summed E-state index contributed by atoms with van der Waals surface area (Å²) in [7, 11) is 0. The zero-order chi connectivity index (χ0) is 30.6. The van der Waals surface area contributed by atoms with Crippen LogP contribution in [0.1, 0.15) is 99.0 Å². The first-order valence-corrected chi connectivity index (χ1v) is 15.4. The van der Waals surface area contributed by atoms with Crippen molar-refractivity contribution in [3.63, 3.8) is 0 Å². The minimum atomic E-state index is -0.600. The summed E-state index contributed by atoms with van der Waals surface area (Å²) in [5.41, 5.74) is 6.61. The standard InChI is InChI=1S/C35H16O5.2C2H6/c36-26-13-27(37)23-10-6-19-15-2-4-17-21-8-12-25-33-24(34(38)40-35(25)39)11-7-20(31(21)33)16-3-1-14(28(15)29(16)17)18-5-9-22(26)32(23)30(18)19;2*1-2/h1-3,5-12,17H,4,13H2;2*1-2H3. The van der Waals surface area contributed by atoms with E-state index in [4.69, 9.17) is 4.74 Å². The molecule has 0 aromatic heterocycles. The first-order chi connectivity index (χ1) is 21.5. The summed E-state index contributed by atoms with van der Waals surface area (Å²) in [6.07, 6.45) is 2.96. The molecule has 4 aliphatic rings. The largest absolute Gasteiger partial charge is 0.386 e. The first kappa shape index (κ1) is 26.5. The maximum atomic E-state index is 12.8. The Bertz CT molecular complexity index is 2390. The lowest BCUT2D eigenvalue weighted by molar-refractivity contribution is 0.0390. The number of ether oxygens (including phenoxy) is 1. The van der Waals surface area contributed by atoms with Gasteiger partial charge in [-0.25, -0.2) is 9.59 Å². The third-order valence-electron chi connectivity index (χ3n) is 9.57. The number of cyclic esters (lactones) is 2. The van der Waals surface area contributed by atoms with Crippen molar-refractivity contribution in [2.45, 2.75) is 46.5 Å². The molecule has 1 unspecified atom stereocenters. The van der Waals surface area contributed by atoms with E-state index >= 15 is 0 Å². The Hall–Kier alpha value is -5.16. The van der Waals surface area contributed by atoms with E-state index in [9.17, 15) is 19.2 Å². The lowest BCUT2D eigenvalue weighted by atomic mass is 9.69. The van der Waals surface area contributed by atoms with E-state index in [1.165, 1.54) is 10.9 Å². The van der Waals surface area contributed by atoms with Crippen molar-refractivity contribution in [3.8, 4) is 11.1 Å². The van der Waals surface area contributed by atoms with Gasteiger partial charge in [-0.05, 0) is 78.3 Å². The van der Waals surface area contributed by atoms with Crippen LogP contribution in [-0.4, -0.2) is 23.5 Å². The van der Waals surface area contributed by atoms with Gasteiger partial charge in [0.25, 0.3) is 0 Å². The SMILES string of the molecule is CC.CC.O=C1OC(=O)c2ccc3c4c(ccc1c24)-c1ccc2c4c1C3CC=c4c1ccc3c4c(ccc2c41)C(=O)CC3=O. The molecule has 10 rings (SSSR count). The minimum absolute atomic E-state index is 0.0659. The van der Waals surface area contributed by atoms with Crippen LogP contribution in [0.25, 0.3) is 60.3 Å². The van der Waals surface area contributed by atoms with E-state index in [0.29, 0.717) is 27.6 Å². The predicted octanol–water partition coefficient (Wildman–Crippen LogP) is 8.45. The van der Waals surface area contributed by atoms with Crippen molar-refractivity contribution in [3.05, 3.63) is 99.3 Å². The molecule has 0 saturated heterocycles. The number of carbonyl (C=O) groups excluding carboxylic acids is 4. The van der Waals surface area contributed by atoms with Crippen molar-refractivity contribution in [2.24, 2.45) is 0 Å². The van der Waals surface area contributed by atoms with Crippen LogP contribution in [0.4, 0.5) is 0 Å². The summed E-state index contributed by atoms with van der Waals surface area (Å²) in [5, 5.41) is 8.94. The van der Waals surface area contributed by atoms with Gasteiger partial charge in [-0.3, -0.25) is 9.59 Å². The van der Waals surface area contributed by atoms with Gasteiger partial charge in [-0.2, -0.15) is 0 Å². The fraction of sp³-hybridized carbons (Fsp3) is 0.179. The summed E-state index contributed by atoms with van der Waals surface area (Å²) in [4.78, 5) is 51.0. The number of hydrogen-bond donors (Lipinski definition) is 0. The molecule has 0 spiro atoms. The van der Waals surface area contributed by atoms with E-state index < -0.39 is 11.9 Å². The summed E-state index contributed by atoms with van der Waals surface area (Å²) in [6, 6.07) is 19.7. The van der Waals surface area contributed by atoms with Gasteiger partial charge < -0.3 is 4.74 Å². The van der Waals surface area contributed by atoms with Crippen LogP contribution >= 0.6 is 0 Å². The molecular formula is C39H28O5. The molecule has 44 heavy (non-hydrogen) atoms. The third kappa shape index (κ3) is 3.04. The predicted molar refractivity (Wildman–Crippen MR) is 174 cm³/mol. The fourth-order valence-corrected chi connectivity index (χ4v) is 8.03. The van der Waals surface area contributed by atoms with E-state index in [2.05, 4.69) is 18.2 Å². The van der Waals surface area contributed by atoms with Gasteiger partial charge in [-0.1, -0.05) is 82.3 Å². The van der Waals surface area contributed by atoms with Crippen LogP contribution in [-0.2, 0) is 4.74 Å². The van der Waals surface area contributed by atoms with Crippen molar-refractivity contribution >= 4 is 72.7 Å². The van der Waals surface area contributed by atoms with Crippen LogP contribution in [0.3, 0.4) is 0 Å². The molecule has 1 atom stereocenters. The Morgan fingerprint density at radius 1 is 0.523 bits per heavy atom. The molecule has 0 N–H and O–H groups in total. The highest BCUT2D eigenvalue weighted by molar-refractivity contribution is 6.35. The van der Waals surface area contributed by atoms with Crippen molar-refractivity contribution in [1.29, 1.82) is 0 Å². The summed E-state index contributed by atoms with van der Waals surface area (Å²) >= 11 is 0. The Kier molecular flexibility index (Phi) is 5.52. The normalized spacial score (nSPS) is 16.8. The Morgan fingerprint density at radius 2 is 1.05 bits per heavy atom. The molecule has 0 saturated carbocycles. The smallest absolute Gasteiger partial charge is 0.346 e. The van der Waals surface area contributed by atoms with E-state index in [0.717, 1.165) is 60.6 Å². The van der Waals surface area contributed by atoms with Crippen molar-refractivity contribution < 1.29 is 23.9 Å². The van der Waals surface area contributed by atoms with E-state index in [-0.39, 0.29) is 23.9 Å². The van der Waals surface area contributed by atoms with E-state index in [1.54, 1.807) is 12.1 Å². The molecule has 6 aromatic rings. The second-order valence-electron chi connectivity index (χ2n) is 11.2. The molecular weight excluding hydrogens is 548 g/mol. The highest BCUT2D eigenvalue weighted by Gasteiger charge is 2.37. The molecule has 0 radical (unpaired) electrons. The number of benzene rings is 6. The van der Waals surface area contributed by atoms with Crippen molar-refractivity contribution in [1.82, 2.24) is 0 Å². The molecule has 6 aromatic carbocycles. The molecule has 0 fully saturated rings. The zero-order valence-corrected chi connectivity index (χ0v) is 24.9. The molecule has 214 valence electrons. The fourth-order valence-electron chi connectivity index (χ4n) is 8.03.